The molecule has 0 aliphatic rings. The van der Waals surface area contributed by atoms with E-state index in [-0.39, 0.29) is 18.4 Å². The van der Waals surface area contributed by atoms with Crippen molar-refractivity contribution in [2.24, 2.45) is 11.3 Å². The minimum atomic E-state index is -1.08. The second-order valence-corrected chi connectivity index (χ2v) is 6.92. The Hall–Kier alpha value is -2.37. The minimum Gasteiger partial charge on any atom is -0.481 e. The van der Waals surface area contributed by atoms with Gasteiger partial charge in [0.15, 0.2) is 0 Å². The fraction of sp³-hybridized carbons (Fsp3) is 0.500. The number of hydrogen-bond acceptors (Lipinski definition) is 3. The number of aliphatic carboxylic acids is 1. The molecule has 1 unspecified atom stereocenters. The molecule has 0 saturated carbocycles. The SMILES string of the molecule is CC(C)CC(=O)NC(C(=O)NCC(C)(C)C(=O)O)c1ccccc1. The van der Waals surface area contributed by atoms with Crippen LogP contribution in [0.3, 0.4) is 0 Å². The van der Waals surface area contributed by atoms with Crippen LogP contribution in [-0.2, 0) is 14.4 Å². The lowest BCUT2D eigenvalue weighted by Gasteiger charge is -2.23. The second-order valence-electron chi connectivity index (χ2n) is 6.92. The molecule has 0 saturated heterocycles. The van der Waals surface area contributed by atoms with Gasteiger partial charge >= 0.3 is 5.97 Å². The summed E-state index contributed by atoms with van der Waals surface area (Å²) in [6, 6.07) is 8.05. The maximum atomic E-state index is 12.5. The Morgan fingerprint density at radius 1 is 1.12 bits per heavy atom. The van der Waals surface area contributed by atoms with Crippen LogP contribution in [0.1, 0.15) is 45.7 Å². The van der Waals surface area contributed by atoms with Gasteiger partial charge in [-0.25, -0.2) is 0 Å². The molecule has 0 aromatic heterocycles. The molecule has 6 nitrogen and oxygen atoms in total. The van der Waals surface area contributed by atoms with Crippen molar-refractivity contribution in [2.75, 3.05) is 6.54 Å². The van der Waals surface area contributed by atoms with Crippen molar-refractivity contribution in [3.8, 4) is 0 Å². The number of benzene rings is 1. The van der Waals surface area contributed by atoms with E-state index in [1.165, 1.54) is 13.8 Å². The molecule has 1 aromatic carbocycles. The maximum absolute atomic E-state index is 12.5. The molecule has 0 bridgehead atoms. The third-order valence-corrected chi connectivity index (χ3v) is 3.58. The lowest BCUT2D eigenvalue weighted by atomic mass is 9.93. The summed E-state index contributed by atoms with van der Waals surface area (Å²) in [6.45, 7) is 6.89. The van der Waals surface area contributed by atoms with Crippen molar-refractivity contribution < 1.29 is 19.5 Å². The zero-order chi connectivity index (χ0) is 18.3. The van der Waals surface area contributed by atoms with Gasteiger partial charge in [0, 0.05) is 13.0 Å². The highest BCUT2D eigenvalue weighted by molar-refractivity contribution is 5.89. The van der Waals surface area contributed by atoms with E-state index in [2.05, 4.69) is 10.6 Å². The lowest BCUT2D eigenvalue weighted by Crippen LogP contribution is -2.45. The van der Waals surface area contributed by atoms with Gasteiger partial charge in [0.2, 0.25) is 11.8 Å². The van der Waals surface area contributed by atoms with Gasteiger partial charge < -0.3 is 15.7 Å². The summed E-state index contributed by atoms with van der Waals surface area (Å²) in [5.74, 6) is -1.46. The summed E-state index contributed by atoms with van der Waals surface area (Å²) < 4.78 is 0. The summed E-state index contributed by atoms with van der Waals surface area (Å²) in [6.07, 6.45) is 0.317. The molecule has 1 rings (SSSR count). The number of amides is 2. The highest BCUT2D eigenvalue weighted by atomic mass is 16.4. The Balaban J connectivity index is 2.87. The molecule has 2 amide bonds. The Morgan fingerprint density at radius 3 is 2.21 bits per heavy atom. The molecule has 0 spiro atoms. The Bertz CT molecular complexity index is 582. The van der Waals surface area contributed by atoms with Crippen LogP contribution in [0.25, 0.3) is 0 Å². The van der Waals surface area contributed by atoms with Crippen LogP contribution in [-0.4, -0.2) is 29.4 Å². The number of hydrogen-bond donors (Lipinski definition) is 3. The van der Waals surface area contributed by atoms with Gasteiger partial charge in [0.05, 0.1) is 5.41 Å². The third kappa shape index (κ3) is 6.02. The van der Waals surface area contributed by atoms with Crippen LogP contribution < -0.4 is 10.6 Å². The van der Waals surface area contributed by atoms with E-state index in [0.717, 1.165) is 0 Å². The summed E-state index contributed by atoms with van der Waals surface area (Å²) >= 11 is 0. The van der Waals surface area contributed by atoms with Gasteiger partial charge in [-0.3, -0.25) is 14.4 Å². The number of carboxylic acids is 1. The lowest BCUT2D eigenvalue weighted by molar-refractivity contribution is -0.147. The van der Waals surface area contributed by atoms with E-state index in [0.29, 0.717) is 12.0 Å². The quantitative estimate of drug-likeness (QED) is 0.678. The van der Waals surface area contributed by atoms with Gasteiger partial charge in [-0.05, 0) is 25.3 Å². The summed E-state index contributed by atoms with van der Waals surface area (Å²) in [4.78, 5) is 35.7. The summed E-state index contributed by atoms with van der Waals surface area (Å²) in [5, 5.41) is 14.5. The topological polar surface area (TPSA) is 95.5 Å². The molecular weight excluding hydrogens is 308 g/mol. The van der Waals surface area contributed by atoms with Crippen molar-refractivity contribution in [3.05, 3.63) is 35.9 Å². The van der Waals surface area contributed by atoms with Crippen molar-refractivity contribution in [2.45, 2.75) is 40.2 Å². The molecule has 0 fully saturated rings. The average Bonchev–Trinajstić information content (AvgIpc) is 2.50. The van der Waals surface area contributed by atoms with Crippen LogP contribution in [0, 0.1) is 11.3 Å². The maximum Gasteiger partial charge on any atom is 0.310 e. The first kappa shape index (κ1) is 19.7. The van der Waals surface area contributed by atoms with E-state index >= 15 is 0 Å². The molecule has 24 heavy (non-hydrogen) atoms. The Morgan fingerprint density at radius 2 is 1.71 bits per heavy atom. The van der Waals surface area contributed by atoms with E-state index in [9.17, 15) is 14.4 Å². The number of nitrogens with one attached hydrogen (secondary N) is 2. The Labute approximate surface area is 142 Å². The number of carbonyl (C=O) groups is 3. The largest absolute Gasteiger partial charge is 0.481 e. The van der Waals surface area contributed by atoms with Crippen LogP contribution >= 0.6 is 0 Å². The molecule has 0 heterocycles. The van der Waals surface area contributed by atoms with Gasteiger partial charge in [-0.2, -0.15) is 0 Å². The summed E-state index contributed by atoms with van der Waals surface area (Å²) in [5.41, 5.74) is -0.431. The first-order valence-corrected chi connectivity index (χ1v) is 7.99. The average molecular weight is 334 g/mol. The van der Waals surface area contributed by atoms with E-state index in [1.54, 1.807) is 24.3 Å². The second kappa shape index (κ2) is 8.47. The zero-order valence-electron chi connectivity index (χ0n) is 14.6. The molecule has 1 aromatic rings. The van der Waals surface area contributed by atoms with Crippen molar-refractivity contribution in [3.63, 3.8) is 0 Å². The normalized spacial score (nSPS) is 12.5. The highest BCUT2D eigenvalue weighted by Gasteiger charge is 2.30. The first-order valence-electron chi connectivity index (χ1n) is 7.99. The van der Waals surface area contributed by atoms with Crippen LogP contribution in [0.4, 0.5) is 0 Å². The number of carbonyl (C=O) groups excluding carboxylic acids is 2. The van der Waals surface area contributed by atoms with Crippen molar-refractivity contribution >= 4 is 17.8 Å². The van der Waals surface area contributed by atoms with Crippen LogP contribution in [0.2, 0.25) is 0 Å². The predicted molar refractivity (Wildman–Crippen MR) is 91.2 cm³/mol. The molecule has 0 aliphatic heterocycles. The van der Waals surface area contributed by atoms with Crippen LogP contribution in [0.5, 0.6) is 0 Å². The monoisotopic (exact) mass is 334 g/mol. The third-order valence-electron chi connectivity index (χ3n) is 3.58. The molecule has 6 heteroatoms. The standard InChI is InChI=1S/C18H26N2O4/c1-12(2)10-14(21)20-15(13-8-6-5-7-9-13)16(22)19-11-18(3,4)17(23)24/h5-9,12,15H,10-11H2,1-4H3,(H,19,22)(H,20,21)(H,23,24). The molecule has 1 atom stereocenters. The highest BCUT2D eigenvalue weighted by Crippen LogP contribution is 2.17. The smallest absolute Gasteiger partial charge is 0.310 e. The van der Waals surface area contributed by atoms with E-state index in [4.69, 9.17) is 5.11 Å². The summed E-state index contributed by atoms with van der Waals surface area (Å²) in [7, 11) is 0. The number of carboxylic acid groups (broad SMARTS) is 1. The van der Waals surface area contributed by atoms with Crippen molar-refractivity contribution in [1.29, 1.82) is 0 Å². The predicted octanol–water partition coefficient (Wildman–Crippen LogP) is 2.12. The molecule has 132 valence electrons. The molecular formula is C18H26N2O4. The molecule has 3 N–H and O–H groups in total. The van der Waals surface area contributed by atoms with Crippen LogP contribution in [0.15, 0.2) is 30.3 Å². The van der Waals surface area contributed by atoms with Gasteiger partial charge in [0.25, 0.3) is 0 Å². The minimum absolute atomic E-state index is 0.0233. The zero-order valence-corrected chi connectivity index (χ0v) is 14.6. The number of rotatable bonds is 8. The van der Waals surface area contributed by atoms with Gasteiger partial charge in [0.1, 0.15) is 6.04 Å². The van der Waals surface area contributed by atoms with Crippen molar-refractivity contribution in [1.82, 2.24) is 10.6 Å². The fourth-order valence-corrected chi connectivity index (χ4v) is 2.02. The van der Waals surface area contributed by atoms with E-state index in [1.807, 2.05) is 19.9 Å². The molecule has 0 radical (unpaired) electrons. The van der Waals surface area contributed by atoms with Gasteiger partial charge in [-0.15, -0.1) is 0 Å². The Kier molecular flexibility index (Phi) is 6.95. The van der Waals surface area contributed by atoms with Gasteiger partial charge in [-0.1, -0.05) is 44.2 Å². The fourth-order valence-electron chi connectivity index (χ4n) is 2.02. The molecule has 0 aliphatic carbocycles. The van der Waals surface area contributed by atoms with E-state index < -0.39 is 23.3 Å². The first-order chi connectivity index (χ1) is 11.1.